The second kappa shape index (κ2) is 7.19. The Balaban J connectivity index is 1.90. The average molecular weight is 382 g/mol. The zero-order valence-electron chi connectivity index (χ0n) is 14.5. The van der Waals surface area contributed by atoms with Gasteiger partial charge in [-0.25, -0.2) is 0 Å². The zero-order chi connectivity index (χ0) is 20.4. The van der Waals surface area contributed by atoms with Crippen LogP contribution in [-0.2, 0) is 7.05 Å². The number of nitro benzene ring substituents is 1. The van der Waals surface area contributed by atoms with E-state index >= 15 is 0 Å². The summed E-state index contributed by atoms with van der Waals surface area (Å²) in [6, 6.07) is 11.6. The molecule has 0 radical (unpaired) electrons. The van der Waals surface area contributed by atoms with Crippen molar-refractivity contribution in [1.82, 2.24) is 15.4 Å². The van der Waals surface area contributed by atoms with Crippen LogP contribution in [0.4, 0.5) is 5.69 Å². The number of carbonyl (C=O) groups excluding carboxylic acids is 2. The lowest BCUT2D eigenvalue weighted by Crippen LogP contribution is -2.44. The minimum absolute atomic E-state index is 0.275. The molecule has 142 valence electrons. The predicted molar refractivity (Wildman–Crippen MR) is 98.9 cm³/mol. The molecule has 0 fully saturated rings. The number of carbonyl (C=O) groups is 2. The number of hydrogen-bond acceptors (Lipinski definition) is 6. The van der Waals surface area contributed by atoms with Crippen LogP contribution in [0.3, 0.4) is 0 Å². The second-order valence-electron chi connectivity index (χ2n) is 5.79. The van der Waals surface area contributed by atoms with E-state index < -0.39 is 39.3 Å². The van der Waals surface area contributed by atoms with Crippen LogP contribution in [0.2, 0.25) is 0 Å². The quantitative estimate of drug-likeness (QED) is 0.459. The number of hydrogen-bond donors (Lipinski definition) is 3. The number of rotatable bonds is 3. The molecule has 0 aliphatic carbocycles. The molecule has 0 spiro atoms. The minimum atomic E-state index is -1.06. The summed E-state index contributed by atoms with van der Waals surface area (Å²) in [6.07, 6.45) is 0. The lowest BCUT2D eigenvalue weighted by atomic mass is 10.1. The molecule has 0 aliphatic heterocycles. The van der Waals surface area contributed by atoms with Crippen molar-refractivity contribution >= 4 is 28.4 Å². The first-order valence-electron chi connectivity index (χ1n) is 7.97. The Hall–Kier alpha value is -4.21. The lowest BCUT2D eigenvalue weighted by Gasteiger charge is -2.12. The van der Waals surface area contributed by atoms with Gasteiger partial charge in [0.2, 0.25) is 0 Å². The molecule has 1 heterocycles. The summed E-state index contributed by atoms with van der Waals surface area (Å²) in [7, 11) is 1.44. The van der Waals surface area contributed by atoms with Gasteiger partial charge in [-0.15, -0.1) is 0 Å². The van der Waals surface area contributed by atoms with Crippen LogP contribution in [0.5, 0.6) is 5.75 Å². The van der Waals surface area contributed by atoms with Gasteiger partial charge >= 0.3 is 0 Å². The molecule has 2 aromatic carbocycles. The van der Waals surface area contributed by atoms with Crippen LogP contribution in [0, 0.1) is 10.1 Å². The van der Waals surface area contributed by atoms with E-state index in [1.165, 1.54) is 35.9 Å². The Kier molecular flexibility index (Phi) is 4.77. The van der Waals surface area contributed by atoms with Crippen LogP contribution in [0.15, 0.2) is 53.3 Å². The predicted octanol–water partition coefficient (Wildman–Crippen LogP) is 1.23. The van der Waals surface area contributed by atoms with Gasteiger partial charge in [-0.2, -0.15) is 0 Å². The molecule has 3 rings (SSSR count). The van der Waals surface area contributed by atoms with E-state index in [1.54, 1.807) is 18.2 Å². The van der Waals surface area contributed by atoms with Crippen molar-refractivity contribution in [2.24, 2.45) is 7.05 Å². The summed E-state index contributed by atoms with van der Waals surface area (Å²) in [5, 5.41) is 21.6. The van der Waals surface area contributed by atoms with Gasteiger partial charge in [0.15, 0.2) is 0 Å². The summed E-state index contributed by atoms with van der Waals surface area (Å²) < 4.78 is 1.19. The normalized spacial score (nSPS) is 10.5. The minimum Gasteiger partial charge on any atom is -0.506 e. The Labute approximate surface area is 157 Å². The molecule has 0 saturated heterocycles. The van der Waals surface area contributed by atoms with Crippen molar-refractivity contribution in [1.29, 1.82) is 0 Å². The number of hydrazine groups is 1. The van der Waals surface area contributed by atoms with Crippen molar-refractivity contribution < 1.29 is 19.6 Å². The number of nitrogens with one attached hydrogen (secondary N) is 2. The van der Waals surface area contributed by atoms with Gasteiger partial charge in [0.1, 0.15) is 16.9 Å². The molecule has 0 atom stereocenters. The molecule has 28 heavy (non-hydrogen) atoms. The summed E-state index contributed by atoms with van der Waals surface area (Å²) in [5.41, 5.74) is 2.38. The number of aryl methyl sites for hydroxylation is 1. The van der Waals surface area contributed by atoms with E-state index in [0.717, 1.165) is 6.07 Å². The Morgan fingerprint density at radius 2 is 1.64 bits per heavy atom. The maximum absolute atomic E-state index is 12.4. The number of aromatic hydroxyl groups is 1. The number of amides is 2. The second-order valence-corrected chi connectivity index (χ2v) is 5.79. The molecule has 10 heteroatoms. The molecule has 0 bridgehead atoms. The number of pyridine rings is 1. The van der Waals surface area contributed by atoms with E-state index in [0.29, 0.717) is 5.52 Å². The van der Waals surface area contributed by atoms with Crippen molar-refractivity contribution in [2.45, 2.75) is 0 Å². The van der Waals surface area contributed by atoms with Gasteiger partial charge in [-0.3, -0.25) is 35.3 Å². The molecule has 2 amide bonds. The van der Waals surface area contributed by atoms with Crippen molar-refractivity contribution in [3.05, 3.63) is 80.1 Å². The molecule has 0 saturated carbocycles. The molecule has 3 aromatic rings. The number of nitro groups is 1. The third-order valence-corrected chi connectivity index (χ3v) is 4.14. The van der Waals surface area contributed by atoms with Gasteiger partial charge in [0, 0.05) is 18.5 Å². The van der Waals surface area contributed by atoms with E-state index in [-0.39, 0.29) is 10.9 Å². The fourth-order valence-corrected chi connectivity index (χ4v) is 2.75. The number of nitrogens with zero attached hydrogens (tertiary/aromatic N) is 2. The monoisotopic (exact) mass is 382 g/mol. The van der Waals surface area contributed by atoms with Gasteiger partial charge in [0.05, 0.1) is 10.4 Å². The zero-order valence-corrected chi connectivity index (χ0v) is 14.5. The van der Waals surface area contributed by atoms with Gasteiger partial charge in [-0.1, -0.05) is 24.3 Å². The van der Waals surface area contributed by atoms with Crippen LogP contribution >= 0.6 is 0 Å². The van der Waals surface area contributed by atoms with Crippen LogP contribution in [-0.4, -0.2) is 26.4 Å². The highest BCUT2D eigenvalue weighted by atomic mass is 16.6. The highest BCUT2D eigenvalue weighted by Crippen LogP contribution is 2.25. The fraction of sp³-hybridized carbons (Fsp3) is 0.0556. The van der Waals surface area contributed by atoms with Crippen molar-refractivity contribution in [3.8, 4) is 5.75 Å². The molecule has 0 aliphatic rings. The van der Waals surface area contributed by atoms with Gasteiger partial charge < -0.3 is 9.67 Å². The highest BCUT2D eigenvalue weighted by molar-refractivity contribution is 6.04. The van der Waals surface area contributed by atoms with Gasteiger partial charge in [0.25, 0.3) is 23.1 Å². The topological polar surface area (TPSA) is 144 Å². The number of aromatic nitrogens is 1. The molecule has 3 N–H and O–H groups in total. The number of fused-ring (bicyclic) bond motifs is 1. The Bertz CT molecular complexity index is 1180. The molecular formula is C18H14N4O6. The Morgan fingerprint density at radius 3 is 2.36 bits per heavy atom. The third kappa shape index (κ3) is 3.14. The SMILES string of the molecule is Cn1c(=O)c(C(=O)NNC(=O)c2ccccc2[N+](=O)[O-])c(O)c2ccccc21. The summed E-state index contributed by atoms with van der Waals surface area (Å²) in [4.78, 5) is 47.3. The van der Waals surface area contributed by atoms with Crippen LogP contribution in [0.25, 0.3) is 10.9 Å². The third-order valence-electron chi connectivity index (χ3n) is 4.14. The molecular weight excluding hydrogens is 368 g/mol. The molecule has 0 unspecified atom stereocenters. The Morgan fingerprint density at radius 1 is 1.04 bits per heavy atom. The number of benzene rings is 2. The first-order valence-corrected chi connectivity index (χ1v) is 7.97. The highest BCUT2D eigenvalue weighted by Gasteiger charge is 2.23. The molecule has 10 nitrogen and oxygen atoms in total. The first-order chi connectivity index (χ1) is 13.3. The van der Waals surface area contributed by atoms with Crippen LogP contribution < -0.4 is 16.4 Å². The molecule has 1 aromatic heterocycles. The number of para-hydroxylation sites is 2. The van der Waals surface area contributed by atoms with Gasteiger partial charge in [-0.05, 0) is 18.2 Å². The summed E-state index contributed by atoms with van der Waals surface area (Å²) in [5.74, 6) is -2.54. The maximum atomic E-state index is 12.4. The van der Waals surface area contributed by atoms with Crippen molar-refractivity contribution in [3.63, 3.8) is 0 Å². The average Bonchev–Trinajstić information content (AvgIpc) is 2.70. The fourth-order valence-electron chi connectivity index (χ4n) is 2.75. The van der Waals surface area contributed by atoms with E-state index in [9.17, 15) is 29.6 Å². The summed E-state index contributed by atoms with van der Waals surface area (Å²) in [6.45, 7) is 0. The van der Waals surface area contributed by atoms with Crippen molar-refractivity contribution in [2.75, 3.05) is 0 Å². The smallest absolute Gasteiger partial charge is 0.282 e. The van der Waals surface area contributed by atoms with E-state index in [1.807, 2.05) is 10.9 Å². The van der Waals surface area contributed by atoms with E-state index in [2.05, 4.69) is 0 Å². The van der Waals surface area contributed by atoms with E-state index in [4.69, 9.17) is 0 Å². The maximum Gasteiger partial charge on any atom is 0.282 e. The largest absolute Gasteiger partial charge is 0.506 e. The standard InChI is InChI=1S/C18H14N4O6/c1-21-12-8-4-2-6-10(12)15(23)14(18(21)26)17(25)20-19-16(24)11-7-3-5-9-13(11)22(27)28/h2-9,23H,1H3,(H,19,24)(H,20,25). The van der Waals surface area contributed by atoms with Crippen LogP contribution in [0.1, 0.15) is 20.7 Å². The lowest BCUT2D eigenvalue weighted by molar-refractivity contribution is -0.385. The summed E-state index contributed by atoms with van der Waals surface area (Å²) >= 11 is 0. The first kappa shape index (κ1) is 18.6.